The van der Waals surface area contributed by atoms with E-state index in [0.717, 1.165) is 31.9 Å². The number of hydrogen-bond donors (Lipinski definition) is 2. The molecule has 4 rings (SSSR count). The molecule has 2 fully saturated rings. The zero-order chi connectivity index (χ0) is 17.4. The van der Waals surface area contributed by atoms with Crippen molar-refractivity contribution in [3.8, 4) is 0 Å². The molecule has 2 aliphatic rings. The number of piperazine rings is 1. The number of carbonyl (C=O) groups excluding carboxylic acids is 1. The molecule has 7 nitrogen and oxygen atoms in total. The number of aromatic nitrogens is 2. The summed E-state index contributed by atoms with van der Waals surface area (Å²) in [6, 6.07) is 6.97. The lowest BCUT2D eigenvalue weighted by molar-refractivity contribution is 0.0242. The Labute approximate surface area is 144 Å². The van der Waals surface area contributed by atoms with Crippen molar-refractivity contribution in [2.75, 3.05) is 44.2 Å². The Morgan fingerprint density at radius 1 is 1.08 bits per heavy atom. The van der Waals surface area contributed by atoms with Crippen LogP contribution >= 0.6 is 0 Å². The highest BCUT2D eigenvalue weighted by molar-refractivity contribution is 5.92. The van der Waals surface area contributed by atoms with Crippen molar-refractivity contribution in [2.45, 2.75) is 6.04 Å². The quantitative estimate of drug-likeness (QED) is 0.849. The lowest BCUT2D eigenvalue weighted by Crippen LogP contribution is -2.64. The summed E-state index contributed by atoms with van der Waals surface area (Å²) in [6.45, 7) is 4.99. The minimum absolute atomic E-state index is 0.139. The predicted molar refractivity (Wildman–Crippen MR) is 91.3 cm³/mol. The van der Waals surface area contributed by atoms with Gasteiger partial charge in [-0.15, -0.1) is 0 Å². The fraction of sp³-hybridized carbons (Fsp3) is 0.412. The number of H-pyrrole nitrogens is 2. The smallest absolute Gasteiger partial charge is 0.323 e. The van der Waals surface area contributed by atoms with Gasteiger partial charge in [0.15, 0.2) is 0 Å². The van der Waals surface area contributed by atoms with Crippen LogP contribution in [0.15, 0.2) is 35.3 Å². The minimum Gasteiger partial charge on any atom is -0.369 e. The molecule has 1 amide bonds. The number of nitrogens with zero attached hydrogens (tertiary/aromatic N) is 3. The molecule has 0 spiro atoms. The van der Waals surface area contributed by atoms with Crippen LogP contribution in [0.2, 0.25) is 0 Å². The first-order chi connectivity index (χ1) is 12.1. The number of aromatic amines is 2. The average Bonchev–Trinajstić information content (AvgIpc) is 3.01. The van der Waals surface area contributed by atoms with Gasteiger partial charge in [0, 0.05) is 57.2 Å². The third-order valence-corrected chi connectivity index (χ3v) is 5.00. The monoisotopic (exact) mass is 345 g/mol. The summed E-state index contributed by atoms with van der Waals surface area (Å²) in [5.74, 6) is -0.357. The Kier molecular flexibility index (Phi) is 4.04. The van der Waals surface area contributed by atoms with Gasteiger partial charge in [0.05, 0.1) is 0 Å². The highest BCUT2D eigenvalue weighted by Crippen LogP contribution is 2.21. The van der Waals surface area contributed by atoms with Gasteiger partial charge in [-0.05, 0) is 24.3 Å². The fourth-order valence-electron chi connectivity index (χ4n) is 3.47. The van der Waals surface area contributed by atoms with Crippen LogP contribution in [-0.2, 0) is 0 Å². The molecule has 2 N–H and O–H groups in total. The van der Waals surface area contributed by atoms with Gasteiger partial charge < -0.3 is 19.8 Å². The maximum atomic E-state index is 13.0. The van der Waals surface area contributed by atoms with Gasteiger partial charge in [-0.25, -0.2) is 9.18 Å². The van der Waals surface area contributed by atoms with Crippen LogP contribution in [0.25, 0.3) is 0 Å². The van der Waals surface area contributed by atoms with Gasteiger partial charge >= 0.3 is 5.69 Å². The first kappa shape index (κ1) is 15.9. The van der Waals surface area contributed by atoms with E-state index in [1.54, 1.807) is 4.90 Å². The molecule has 2 aromatic rings. The van der Waals surface area contributed by atoms with E-state index in [0.29, 0.717) is 24.8 Å². The van der Waals surface area contributed by atoms with Gasteiger partial charge in [-0.3, -0.25) is 9.69 Å². The van der Waals surface area contributed by atoms with E-state index in [-0.39, 0.29) is 17.4 Å². The van der Waals surface area contributed by atoms with Crippen LogP contribution in [0.5, 0.6) is 0 Å². The Bertz CT molecular complexity index is 801. The number of anilines is 1. The summed E-state index contributed by atoms with van der Waals surface area (Å²) < 4.78 is 13.0. The molecule has 1 aromatic heterocycles. The van der Waals surface area contributed by atoms with E-state index in [9.17, 15) is 14.0 Å². The van der Waals surface area contributed by atoms with Gasteiger partial charge in [0.1, 0.15) is 11.5 Å². The predicted octanol–water partition coefficient (Wildman–Crippen LogP) is 0.489. The molecule has 0 unspecified atom stereocenters. The topological polar surface area (TPSA) is 75.4 Å². The number of likely N-dealkylation sites (tertiary alicyclic amines) is 1. The van der Waals surface area contributed by atoms with Crippen molar-refractivity contribution >= 4 is 11.6 Å². The van der Waals surface area contributed by atoms with E-state index >= 15 is 0 Å². The van der Waals surface area contributed by atoms with E-state index in [1.165, 1.54) is 18.3 Å². The zero-order valence-corrected chi connectivity index (χ0v) is 13.7. The molecule has 2 aliphatic heterocycles. The van der Waals surface area contributed by atoms with Crippen LogP contribution in [0.4, 0.5) is 10.1 Å². The molecule has 8 heteroatoms. The maximum Gasteiger partial charge on any atom is 0.323 e. The molecule has 0 radical (unpaired) electrons. The molecule has 2 saturated heterocycles. The summed E-state index contributed by atoms with van der Waals surface area (Å²) in [7, 11) is 0. The summed E-state index contributed by atoms with van der Waals surface area (Å²) >= 11 is 0. The van der Waals surface area contributed by atoms with Gasteiger partial charge in [-0.2, -0.15) is 0 Å². The Morgan fingerprint density at radius 2 is 1.76 bits per heavy atom. The largest absolute Gasteiger partial charge is 0.369 e. The molecule has 0 aliphatic carbocycles. The first-order valence-electron chi connectivity index (χ1n) is 8.42. The Balaban J connectivity index is 1.28. The van der Waals surface area contributed by atoms with Gasteiger partial charge in [0.25, 0.3) is 5.91 Å². The number of carbonyl (C=O) groups is 1. The summed E-state index contributed by atoms with van der Waals surface area (Å²) in [6.07, 6.45) is 1.42. The van der Waals surface area contributed by atoms with Crippen LogP contribution in [0, 0.1) is 5.82 Å². The molecular formula is C17H20FN5O2. The van der Waals surface area contributed by atoms with Crippen LogP contribution in [0.1, 0.15) is 10.5 Å². The highest BCUT2D eigenvalue weighted by atomic mass is 19.1. The van der Waals surface area contributed by atoms with Crippen molar-refractivity contribution in [1.29, 1.82) is 0 Å². The van der Waals surface area contributed by atoms with Crippen molar-refractivity contribution in [2.24, 2.45) is 0 Å². The molecule has 0 bridgehead atoms. The minimum atomic E-state index is -0.364. The van der Waals surface area contributed by atoms with Crippen molar-refractivity contribution in [1.82, 2.24) is 19.8 Å². The standard InChI is InChI=1S/C17H20FN5O2/c18-12-1-3-13(4-2-12)21-5-7-22(8-6-21)14-10-23(11-14)16(24)15-9-19-17(25)20-15/h1-4,9,14H,5-8,10-11H2,(H2,19,20,25). The Hall–Kier alpha value is -2.61. The third kappa shape index (κ3) is 3.17. The maximum absolute atomic E-state index is 13.0. The number of nitrogens with one attached hydrogen (secondary N) is 2. The van der Waals surface area contributed by atoms with E-state index in [1.807, 2.05) is 12.1 Å². The van der Waals surface area contributed by atoms with E-state index in [2.05, 4.69) is 19.8 Å². The lowest BCUT2D eigenvalue weighted by Gasteiger charge is -2.48. The summed E-state index contributed by atoms with van der Waals surface area (Å²) in [5, 5.41) is 0. The van der Waals surface area contributed by atoms with E-state index in [4.69, 9.17) is 0 Å². The molecular weight excluding hydrogens is 325 g/mol. The molecule has 132 valence electrons. The SMILES string of the molecule is O=C(c1c[nH]c(=O)[nH]1)N1CC(N2CCN(c3ccc(F)cc3)CC2)C1. The molecule has 0 atom stereocenters. The van der Waals surface area contributed by atoms with Crippen LogP contribution in [-0.4, -0.2) is 71.0 Å². The number of hydrogen-bond acceptors (Lipinski definition) is 4. The van der Waals surface area contributed by atoms with E-state index < -0.39 is 0 Å². The zero-order valence-electron chi connectivity index (χ0n) is 13.7. The molecule has 3 heterocycles. The number of halogens is 1. The van der Waals surface area contributed by atoms with Gasteiger partial charge in [0.2, 0.25) is 0 Å². The molecule has 1 aromatic carbocycles. The number of rotatable bonds is 3. The molecule has 0 saturated carbocycles. The van der Waals surface area contributed by atoms with Crippen molar-refractivity contribution in [3.63, 3.8) is 0 Å². The summed E-state index contributed by atoms with van der Waals surface area (Å²) in [4.78, 5) is 34.6. The van der Waals surface area contributed by atoms with Gasteiger partial charge in [-0.1, -0.05) is 0 Å². The Morgan fingerprint density at radius 3 is 2.36 bits per heavy atom. The number of benzene rings is 1. The average molecular weight is 345 g/mol. The van der Waals surface area contributed by atoms with Crippen molar-refractivity contribution in [3.05, 3.63) is 52.5 Å². The first-order valence-corrected chi connectivity index (χ1v) is 8.42. The molecule has 25 heavy (non-hydrogen) atoms. The normalized spacial score (nSPS) is 19.1. The second-order valence-electron chi connectivity index (χ2n) is 6.52. The third-order valence-electron chi connectivity index (χ3n) is 5.00. The number of imidazole rings is 1. The summed E-state index contributed by atoms with van der Waals surface area (Å²) in [5.41, 5.74) is 0.991. The van der Waals surface area contributed by atoms with Crippen molar-refractivity contribution < 1.29 is 9.18 Å². The lowest BCUT2D eigenvalue weighted by atomic mass is 10.1. The second kappa shape index (κ2) is 6.36. The number of amides is 1. The van der Waals surface area contributed by atoms with Crippen LogP contribution in [0.3, 0.4) is 0 Å². The fourth-order valence-corrected chi connectivity index (χ4v) is 3.47. The van der Waals surface area contributed by atoms with Crippen LogP contribution < -0.4 is 10.6 Å². The second-order valence-corrected chi connectivity index (χ2v) is 6.52. The highest BCUT2D eigenvalue weighted by Gasteiger charge is 2.36.